The van der Waals surface area contributed by atoms with Gasteiger partial charge in [-0.15, -0.1) is 0 Å². The van der Waals surface area contributed by atoms with Crippen molar-refractivity contribution in [3.05, 3.63) is 30.8 Å². The molecule has 0 fully saturated rings. The first kappa shape index (κ1) is 9.83. The molecule has 0 spiro atoms. The summed E-state index contributed by atoms with van der Waals surface area (Å²) in [7, 11) is 0. The monoisotopic (exact) mass is 189 g/mol. The maximum atomic E-state index is 12.1. The summed E-state index contributed by atoms with van der Waals surface area (Å²) in [5, 5.41) is 2.60. The third-order valence-corrected chi connectivity index (χ3v) is 1.39. The zero-order valence-electron chi connectivity index (χ0n) is 6.73. The van der Waals surface area contributed by atoms with Crippen LogP contribution < -0.4 is 5.32 Å². The number of alkyl halides is 3. The number of pyridine rings is 1. The molecule has 0 bridgehead atoms. The van der Waals surface area contributed by atoms with Gasteiger partial charge in [0.2, 0.25) is 0 Å². The molecule has 1 aromatic heterocycles. The first-order chi connectivity index (χ1) is 6.04. The number of anilines is 1. The lowest BCUT2D eigenvalue weighted by atomic mass is 10.2. The van der Waals surface area contributed by atoms with E-state index in [0.29, 0.717) is 6.54 Å². The van der Waals surface area contributed by atoms with Crippen molar-refractivity contribution in [2.75, 3.05) is 11.9 Å². The van der Waals surface area contributed by atoms with Crippen LogP contribution in [0, 0.1) is 6.92 Å². The highest BCUT2D eigenvalue weighted by Crippen LogP contribution is 2.29. The Hall–Kier alpha value is -1.26. The van der Waals surface area contributed by atoms with Gasteiger partial charge >= 0.3 is 6.18 Å². The van der Waals surface area contributed by atoms with Crippen LogP contribution in [0.5, 0.6) is 0 Å². The molecule has 1 aromatic rings. The van der Waals surface area contributed by atoms with E-state index in [4.69, 9.17) is 0 Å². The Morgan fingerprint density at radius 1 is 1.46 bits per heavy atom. The maximum Gasteiger partial charge on any atom is 0.416 e. The van der Waals surface area contributed by atoms with Crippen LogP contribution in [0.15, 0.2) is 18.3 Å². The Morgan fingerprint density at radius 2 is 2.15 bits per heavy atom. The standard InChI is InChI=1S/C8H8F3N2/c1-2-12-7-5-6(3-4-13-7)8(9,10)11/h3-5H,1-2H2,(H,12,13). The van der Waals surface area contributed by atoms with Gasteiger partial charge in [-0.3, -0.25) is 0 Å². The predicted molar refractivity (Wildman–Crippen MR) is 43.1 cm³/mol. The molecule has 71 valence electrons. The quantitative estimate of drug-likeness (QED) is 0.772. The summed E-state index contributed by atoms with van der Waals surface area (Å²) in [4.78, 5) is 3.69. The van der Waals surface area contributed by atoms with E-state index in [2.05, 4.69) is 17.2 Å². The maximum absolute atomic E-state index is 12.1. The molecule has 1 rings (SSSR count). The minimum Gasteiger partial charge on any atom is -0.370 e. The van der Waals surface area contributed by atoms with Crippen LogP contribution in [0.1, 0.15) is 5.56 Å². The SMILES string of the molecule is [CH2]CNc1cc(C(F)(F)F)ccn1. The number of nitrogens with one attached hydrogen (secondary N) is 1. The molecule has 2 nitrogen and oxygen atoms in total. The molecule has 0 aromatic carbocycles. The highest BCUT2D eigenvalue weighted by Gasteiger charge is 2.30. The fourth-order valence-electron chi connectivity index (χ4n) is 0.832. The van der Waals surface area contributed by atoms with E-state index in [1.807, 2.05) is 0 Å². The van der Waals surface area contributed by atoms with Gasteiger partial charge in [0.1, 0.15) is 5.82 Å². The predicted octanol–water partition coefficient (Wildman–Crippen LogP) is 2.35. The van der Waals surface area contributed by atoms with Crippen LogP contribution in [0.2, 0.25) is 0 Å². The molecule has 13 heavy (non-hydrogen) atoms. The van der Waals surface area contributed by atoms with Crippen molar-refractivity contribution in [3.8, 4) is 0 Å². The van der Waals surface area contributed by atoms with Gasteiger partial charge in [-0.25, -0.2) is 4.98 Å². The Labute approximate surface area is 73.8 Å². The number of halogens is 3. The second-order valence-electron chi connectivity index (χ2n) is 2.35. The first-order valence-electron chi connectivity index (χ1n) is 3.60. The van der Waals surface area contributed by atoms with Gasteiger partial charge in [-0.05, 0) is 19.1 Å². The summed E-state index contributed by atoms with van der Waals surface area (Å²) < 4.78 is 36.4. The molecule has 0 saturated heterocycles. The number of aromatic nitrogens is 1. The minimum absolute atomic E-state index is 0.185. The summed E-state index contributed by atoms with van der Waals surface area (Å²) in [6.07, 6.45) is -3.21. The second kappa shape index (κ2) is 3.64. The lowest BCUT2D eigenvalue weighted by Gasteiger charge is -2.08. The molecular weight excluding hydrogens is 181 g/mol. The number of rotatable bonds is 2. The van der Waals surface area contributed by atoms with Crippen LogP contribution in [0.4, 0.5) is 19.0 Å². The minimum atomic E-state index is -4.32. The largest absolute Gasteiger partial charge is 0.416 e. The first-order valence-corrected chi connectivity index (χ1v) is 3.60. The van der Waals surface area contributed by atoms with Gasteiger partial charge in [0.05, 0.1) is 5.56 Å². The molecule has 0 amide bonds. The van der Waals surface area contributed by atoms with Gasteiger partial charge in [0, 0.05) is 12.7 Å². The van der Waals surface area contributed by atoms with Crippen molar-refractivity contribution in [2.45, 2.75) is 6.18 Å². The summed E-state index contributed by atoms with van der Waals surface area (Å²) >= 11 is 0. The number of hydrogen-bond acceptors (Lipinski definition) is 2. The molecule has 1 radical (unpaired) electrons. The fourth-order valence-corrected chi connectivity index (χ4v) is 0.832. The molecule has 1 N–H and O–H groups in total. The van der Waals surface area contributed by atoms with Crippen LogP contribution >= 0.6 is 0 Å². The molecule has 0 aliphatic rings. The van der Waals surface area contributed by atoms with Crippen molar-refractivity contribution in [1.82, 2.24) is 4.98 Å². The fraction of sp³-hybridized carbons (Fsp3) is 0.250. The highest BCUT2D eigenvalue weighted by atomic mass is 19.4. The van der Waals surface area contributed by atoms with Crippen LogP contribution in [0.25, 0.3) is 0 Å². The van der Waals surface area contributed by atoms with E-state index in [1.165, 1.54) is 0 Å². The third kappa shape index (κ3) is 2.61. The van der Waals surface area contributed by atoms with Crippen molar-refractivity contribution in [2.24, 2.45) is 0 Å². The Bertz CT molecular complexity index is 283. The van der Waals surface area contributed by atoms with Gasteiger partial charge in [-0.1, -0.05) is 0 Å². The third-order valence-electron chi connectivity index (χ3n) is 1.39. The van der Waals surface area contributed by atoms with E-state index in [-0.39, 0.29) is 5.82 Å². The van der Waals surface area contributed by atoms with E-state index in [0.717, 1.165) is 18.3 Å². The Kier molecular flexibility index (Phi) is 2.75. The van der Waals surface area contributed by atoms with Crippen LogP contribution in [-0.4, -0.2) is 11.5 Å². The molecule has 0 atom stereocenters. The molecular formula is C8H8F3N2. The van der Waals surface area contributed by atoms with Crippen molar-refractivity contribution in [3.63, 3.8) is 0 Å². The van der Waals surface area contributed by atoms with Crippen LogP contribution in [-0.2, 0) is 6.18 Å². The van der Waals surface area contributed by atoms with Gasteiger partial charge < -0.3 is 5.32 Å². The zero-order valence-corrected chi connectivity index (χ0v) is 6.73. The van der Waals surface area contributed by atoms with Crippen molar-refractivity contribution in [1.29, 1.82) is 0 Å². The molecule has 0 aliphatic carbocycles. The van der Waals surface area contributed by atoms with Gasteiger partial charge in [0.25, 0.3) is 0 Å². The lowest BCUT2D eigenvalue weighted by molar-refractivity contribution is -0.137. The Balaban J connectivity index is 2.92. The molecule has 0 unspecified atom stereocenters. The average Bonchev–Trinajstić information content (AvgIpc) is 2.04. The summed E-state index contributed by atoms with van der Waals surface area (Å²) in [5.74, 6) is 0.185. The summed E-state index contributed by atoms with van der Waals surface area (Å²) in [5.41, 5.74) is -0.710. The van der Waals surface area contributed by atoms with E-state index < -0.39 is 11.7 Å². The average molecular weight is 189 g/mol. The molecule has 0 aliphatic heterocycles. The smallest absolute Gasteiger partial charge is 0.370 e. The Morgan fingerprint density at radius 3 is 2.69 bits per heavy atom. The van der Waals surface area contributed by atoms with Crippen LogP contribution in [0.3, 0.4) is 0 Å². The second-order valence-corrected chi connectivity index (χ2v) is 2.35. The highest BCUT2D eigenvalue weighted by molar-refractivity contribution is 5.38. The van der Waals surface area contributed by atoms with Gasteiger partial charge in [0.15, 0.2) is 0 Å². The molecule has 5 heteroatoms. The van der Waals surface area contributed by atoms with E-state index >= 15 is 0 Å². The zero-order chi connectivity index (χ0) is 9.90. The number of hydrogen-bond donors (Lipinski definition) is 1. The summed E-state index contributed by atoms with van der Waals surface area (Å²) in [6.45, 7) is 3.74. The number of nitrogens with zero attached hydrogens (tertiary/aromatic N) is 1. The lowest BCUT2D eigenvalue weighted by Crippen LogP contribution is -2.07. The van der Waals surface area contributed by atoms with Gasteiger partial charge in [-0.2, -0.15) is 13.2 Å². The summed E-state index contributed by atoms with van der Waals surface area (Å²) in [6, 6.07) is 1.87. The normalized spacial score (nSPS) is 11.4. The van der Waals surface area contributed by atoms with Crippen molar-refractivity contribution < 1.29 is 13.2 Å². The van der Waals surface area contributed by atoms with E-state index in [1.54, 1.807) is 0 Å². The molecule has 1 heterocycles. The van der Waals surface area contributed by atoms with E-state index in [9.17, 15) is 13.2 Å². The molecule has 0 saturated carbocycles. The topological polar surface area (TPSA) is 24.9 Å². The van der Waals surface area contributed by atoms with Crippen molar-refractivity contribution >= 4 is 5.82 Å².